The fourth-order valence-electron chi connectivity index (χ4n) is 6.52. The Balaban J connectivity index is 1.56. The monoisotopic (exact) mass is 631 g/mol. The summed E-state index contributed by atoms with van der Waals surface area (Å²) in [4.78, 5) is 13.2. The van der Waals surface area contributed by atoms with E-state index in [1.807, 2.05) is 11.8 Å². The largest absolute Gasteiger partial charge is 0.365 e. The number of anilines is 2. The van der Waals surface area contributed by atoms with Crippen LogP contribution in [0.15, 0.2) is 42.4 Å². The first-order valence-corrected chi connectivity index (χ1v) is 16.3. The fraction of sp³-hybridized carbons (Fsp3) is 0.576. The lowest BCUT2D eigenvalue weighted by Gasteiger charge is -2.43. The molecular weight excluding hydrogens is 588 g/mol. The summed E-state index contributed by atoms with van der Waals surface area (Å²) in [5.41, 5.74) is 1.94. The van der Waals surface area contributed by atoms with E-state index in [1.54, 1.807) is 0 Å². The van der Waals surface area contributed by atoms with Crippen molar-refractivity contribution in [2.45, 2.75) is 101 Å². The SMILES string of the molecule is C=C1C(C2(C)CC2)=Cc2c3ncnc2N1C(S)(S)CCCCCC(C)(C)N(CC)CCC(F)(F)c1cccc(c1F)CN3. The second-order valence-electron chi connectivity index (χ2n) is 13.2. The van der Waals surface area contributed by atoms with E-state index in [9.17, 15) is 0 Å². The van der Waals surface area contributed by atoms with Gasteiger partial charge in [0.25, 0.3) is 5.92 Å². The molecule has 1 aromatic heterocycles. The van der Waals surface area contributed by atoms with Crippen molar-refractivity contribution >= 4 is 43.0 Å². The van der Waals surface area contributed by atoms with Crippen LogP contribution in [0, 0.1) is 11.2 Å². The molecule has 5 rings (SSSR count). The maximum absolute atomic E-state index is 15.7. The van der Waals surface area contributed by atoms with Gasteiger partial charge in [-0.1, -0.05) is 51.5 Å². The summed E-state index contributed by atoms with van der Waals surface area (Å²) in [7, 11) is 0. The predicted molar refractivity (Wildman–Crippen MR) is 176 cm³/mol. The molecule has 1 aromatic carbocycles. The van der Waals surface area contributed by atoms with Gasteiger partial charge in [-0.3, -0.25) is 4.90 Å². The Kier molecular flexibility index (Phi) is 8.97. The minimum absolute atomic E-state index is 0.0123. The zero-order chi connectivity index (χ0) is 31.2. The molecule has 1 N–H and O–H groups in total. The Labute approximate surface area is 265 Å². The van der Waals surface area contributed by atoms with Gasteiger partial charge in [0.15, 0.2) is 0 Å². The number of nitrogens with zero attached hydrogens (tertiary/aromatic N) is 4. The second-order valence-corrected chi connectivity index (χ2v) is 15.0. The summed E-state index contributed by atoms with van der Waals surface area (Å²) in [6, 6.07) is 4.24. The molecule has 5 nitrogen and oxygen atoms in total. The van der Waals surface area contributed by atoms with Crippen molar-refractivity contribution in [2.75, 3.05) is 23.3 Å². The summed E-state index contributed by atoms with van der Waals surface area (Å²) in [6.45, 7) is 13.7. The molecule has 1 fully saturated rings. The third-order valence-corrected chi connectivity index (χ3v) is 10.5. The summed E-state index contributed by atoms with van der Waals surface area (Å²) in [5.74, 6) is -3.08. The van der Waals surface area contributed by atoms with E-state index in [4.69, 9.17) is 25.3 Å². The molecular formula is C33H44F3N5S2. The van der Waals surface area contributed by atoms with Gasteiger partial charge in [0.05, 0.1) is 11.1 Å². The fourth-order valence-corrected chi connectivity index (χ4v) is 7.27. The first-order chi connectivity index (χ1) is 20.2. The third kappa shape index (κ3) is 6.47. The average Bonchev–Trinajstić information content (AvgIpc) is 3.69. The minimum Gasteiger partial charge on any atom is -0.365 e. The van der Waals surface area contributed by atoms with Crippen LogP contribution in [-0.4, -0.2) is 37.7 Å². The number of rotatable bonds is 2. The number of thiol groups is 2. The molecule has 2 aromatic rings. The molecule has 43 heavy (non-hydrogen) atoms. The third-order valence-electron chi connectivity index (χ3n) is 9.61. The van der Waals surface area contributed by atoms with E-state index in [0.717, 1.165) is 55.4 Å². The van der Waals surface area contributed by atoms with E-state index in [1.165, 1.54) is 24.5 Å². The Morgan fingerprint density at radius 2 is 1.72 bits per heavy atom. The molecule has 1 aliphatic carbocycles. The number of hydrogen-bond acceptors (Lipinski definition) is 7. The lowest BCUT2D eigenvalue weighted by atomic mass is 9.89. The normalized spacial score (nSPS) is 23.6. The van der Waals surface area contributed by atoms with Crippen LogP contribution >= 0.6 is 25.3 Å². The number of halogens is 3. The van der Waals surface area contributed by atoms with E-state index < -0.39 is 27.9 Å². The van der Waals surface area contributed by atoms with Crippen molar-refractivity contribution < 1.29 is 13.2 Å². The molecule has 0 radical (unpaired) electrons. The smallest absolute Gasteiger partial charge is 0.277 e. The first-order valence-electron chi connectivity index (χ1n) is 15.4. The van der Waals surface area contributed by atoms with Crippen LogP contribution in [0.5, 0.6) is 0 Å². The van der Waals surface area contributed by atoms with Gasteiger partial charge in [0.1, 0.15) is 28.0 Å². The van der Waals surface area contributed by atoms with Gasteiger partial charge >= 0.3 is 0 Å². The standard InChI is InChI=1S/C33H44F3N5S2/c1-6-40-18-17-32(35,36)25-12-10-11-23(27(25)34)20-37-28-24-19-26(31(5)15-16-31)22(2)41(29(24)39-21-38-28)33(42,43)14-9-7-8-13-30(40,3)4/h10-12,19,21,42-43H,2,6-9,13-18,20H2,1,3-5H3,(H,37,38,39). The maximum Gasteiger partial charge on any atom is 0.277 e. The molecule has 1 saturated carbocycles. The van der Waals surface area contributed by atoms with E-state index >= 15 is 13.2 Å². The molecule has 0 atom stereocenters. The molecule has 3 aliphatic rings. The van der Waals surface area contributed by atoms with Gasteiger partial charge in [-0.15, -0.1) is 25.3 Å². The van der Waals surface area contributed by atoms with Gasteiger partial charge in [-0.25, -0.2) is 23.1 Å². The highest BCUT2D eigenvalue weighted by molar-refractivity contribution is 8.00. The molecule has 3 heterocycles. The number of alkyl halides is 2. The summed E-state index contributed by atoms with van der Waals surface area (Å²) in [6.07, 6.45) is 9.44. The summed E-state index contributed by atoms with van der Waals surface area (Å²) >= 11 is 10.2. The Hall–Kier alpha value is -2.17. The van der Waals surface area contributed by atoms with Crippen molar-refractivity contribution in [1.29, 1.82) is 0 Å². The molecule has 10 heteroatoms. The van der Waals surface area contributed by atoms with Gasteiger partial charge in [-0.2, -0.15) is 0 Å². The van der Waals surface area contributed by atoms with Gasteiger partial charge < -0.3 is 10.2 Å². The molecule has 2 aliphatic heterocycles. The van der Waals surface area contributed by atoms with Crippen LogP contribution in [0.25, 0.3) is 6.08 Å². The summed E-state index contributed by atoms with van der Waals surface area (Å²) < 4.78 is 45.9. The highest BCUT2D eigenvalue weighted by Gasteiger charge is 2.47. The second kappa shape index (κ2) is 12.0. The zero-order valence-electron chi connectivity index (χ0n) is 25.7. The number of allylic oxidation sites excluding steroid dienone is 1. The van der Waals surface area contributed by atoms with Crippen molar-refractivity contribution in [3.63, 3.8) is 0 Å². The highest BCUT2D eigenvalue weighted by Crippen LogP contribution is 2.58. The lowest BCUT2D eigenvalue weighted by Crippen LogP contribution is -2.45. The number of nitrogens with one attached hydrogen (secondary N) is 1. The average molecular weight is 632 g/mol. The number of benzene rings is 1. The molecule has 6 bridgehead atoms. The van der Waals surface area contributed by atoms with Crippen LogP contribution in [0.4, 0.5) is 24.8 Å². The Morgan fingerprint density at radius 1 is 1.00 bits per heavy atom. The van der Waals surface area contributed by atoms with Gasteiger partial charge in [-0.05, 0) is 69.6 Å². The van der Waals surface area contributed by atoms with Crippen molar-refractivity contribution in [3.8, 4) is 0 Å². The quantitative estimate of drug-likeness (QED) is 0.228. The van der Waals surface area contributed by atoms with E-state index in [-0.39, 0.29) is 29.6 Å². The first kappa shape index (κ1) is 32.2. The minimum atomic E-state index is -3.31. The highest BCUT2D eigenvalue weighted by atomic mass is 32.2. The Bertz CT molecular complexity index is 1400. The van der Waals surface area contributed by atoms with Gasteiger partial charge in [0, 0.05) is 36.3 Å². The summed E-state index contributed by atoms with van der Waals surface area (Å²) in [5, 5.41) is 3.22. The van der Waals surface area contributed by atoms with Crippen LogP contribution in [-0.2, 0) is 12.5 Å². The molecule has 0 unspecified atom stereocenters. The van der Waals surface area contributed by atoms with Crippen LogP contribution in [0.3, 0.4) is 0 Å². The number of fused-ring (bicyclic) bond motifs is 2. The lowest BCUT2D eigenvalue weighted by molar-refractivity contribution is -0.0339. The Morgan fingerprint density at radius 3 is 2.42 bits per heavy atom. The zero-order valence-corrected chi connectivity index (χ0v) is 27.5. The van der Waals surface area contributed by atoms with Crippen LogP contribution in [0.1, 0.15) is 95.8 Å². The molecule has 234 valence electrons. The van der Waals surface area contributed by atoms with Crippen molar-refractivity contribution in [2.24, 2.45) is 5.41 Å². The van der Waals surface area contributed by atoms with Crippen molar-refractivity contribution in [3.05, 3.63) is 64.9 Å². The predicted octanol–water partition coefficient (Wildman–Crippen LogP) is 8.80. The van der Waals surface area contributed by atoms with E-state index in [2.05, 4.69) is 53.6 Å². The van der Waals surface area contributed by atoms with Crippen molar-refractivity contribution in [1.82, 2.24) is 14.9 Å². The van der Waals surface area contributed by atoms with E-state index in [0.29, 0.717) is 24.6 Å². The van der Waals surface area contributed by atoms with Crippen LogP contribution in [0.2, 0.25) is 0 Å². The number of hydrogen-bond donors (Lipinski definition) is 3. The van der Waals surface area contributed by atoms with Crippen LogP contribution < -0.4 is 10.2 Å². The maximum atomic E-state index is 15.7. The molecule has 0 saturated heterocycles. The molecule has 0 spiro atoms. The topological polar surface area (TPSA) is 44.3 Å². The molecule has 0 amide bonds. The number of aromatic nitrogens is 2. The van der Waals surface area contributed by atoms with Gasteiger partial charge in [0.2, 0.25) is 0 Å².